The van der Waals surface area contributed by atoms with Gasteiger partial charge < -0.3 is 36.4 Å². The number of carbonyl (C=O) groups excluding carboxylic acids is 4. The highest BCUT2D eigenvalue weighted by Gasteiger charge is 2.63. The van der Waals surface area contributed by atoms with Crippen LogP contribution in [0.15, 0.2) is 28.7 Å². The van der Waals surface area contributed by atoms with Crippen molar-refractivity contribution < 1.29 is 39.6 Å². The molecule has 0 saturated carbocycles. The Morgan fingerprint density at radius 3 is 2.24 bits per heavy atom. The van der Waals surface area contributed by atoms with Crippen molar-refractivity contribution in [1.82, 2.24) is 9.80 Å². The number of phenolic OH excluding ortho intramolecular Hbond substituents is 1. The molecule has 1 aromatic carbocycles. The summed E-state index contributed by atoms with van der Waals surface area (Å²) in [4.78, 5) is 58.2. The zero-order valence-electron chi connectivity index (χ0n) is 26.5. The molecule has 0 radical (unpaired) electrons. The summed E-state index contributed by atoms with van der Waals surface area (Å²) in [5.74, 6) is -6.98. The predicted octanol–water partition coefficient (Wildman–Crippen LogP) is 1.70. The van der Waals surface area contributed by atoms with E-state index < -0.39 is 63.8 Å². The number of benzene rings is 1. The number of carbonyl (C=O) groups is 4. The maximum atomic E-state index is 14.2. The number of rotatable bonds is 6. The van der Waals surface area contributed by atoms with E-state index in [0.29, 0.717) is 17.2 Å². The number of nitrogens with one attached hydrogen (secondary N) is 1. The number of nitrogens with zero attached hydrogens (tertiary/aromatic N) is 3. The number of Topliss-reactive ketones (excluding diaryl/α,β-unsaturated/α-hetero) is 2. The van der Waals surface area contributed by atoms with Crippen LogP contribution in [-0.4, -0.2) is 113 Å². The summed E-state index contributed by atoms with van der Waals surface area (Å²) in [6.45, 7) is 3.85. The van der Waals surface area contributed by atoms with Crippen LogP contribution in [0.2, 0.25) is 0 Å². The fraction of sp³-hybridized carbons (Fsp3) is 0.548. The lowest BCUT2D eigenvalue weighted by atomic mass is 9.58. The summed E-state index contributed by atoms with van der Waals surface area (Å²) in [5.41, 5.74) is 2.48. The van der Waals surface area contributed by atoms with Crippen molar-refractivity contribution in [3.05, 3.63) is 39.9 Å². The minimum absolute atomic E-state index is 0. The largest absolute Gasteiger partial charge is 0.510 e. The van der Waals surface area contributed by atoms with Gasteiger partial charge in [0.15, 0.2) is 17.1 Å². The number of hydrogen-bond acceptors (Lipinski definition) is 11. The number of hydrogen-bond donors (Lipinski definition) is 6. The van der Waals surface area contributed by atoms with Gasteiger partial charge >= 0.3 is 0 Å². The van der Waals surface area contributed by atoms with Crippen LogP contribution in [0, 0.1) is 17.8 Å². The number of aliphatic hydroxyl groups excluding tert-OH is 2. The third-order valence-corrected chi connectivity index (χ3v) is 9.70. The van der Waals surface area contributed by atoms with Crippen molar-refractivity contribution in [1.29, 1.82) is 0 Å². The van der Waals surface area contributed by atoms with Gasteiger partial charge in [-0.25, -0.2) is 0 Å². The topological polar surface area (TPSA) is 197 Å². The van der Waals surface area contributed by atoms with E-state index in [9.17, 15) is 39.6 Å². The maximum absolute atomic E-state index is 14.2. The molecule has 7 N–H and O–H groups in total. The predicted molar refractivity (Wildman–Crippen MR) is 176 cm³/mol. The number of anilines is 2. The first kappa shape index (κ1) is 37.1. The van der Waals surface area contributed by atoms with Crippen molar-refractivity contribution in [3.8, 4) is 5.75 Å². The lowest BCUT2D eigenvalue weighted by Crippen LogP contribution is -2.63. The third-order valence-electron chi connectivity index (χ3n) is 9.70. The van der Waals surface area contributed by atoms with Crippen LogP contribution in [0.1, 0.15) is 42.1 Å². The molecule has 0 aromatic heterocycles. The van der Waals surface area contributed by atoms with Gasteiger partial charge in [-0.3, -0.25) is 29.0 Å². The van der Waals surface area contributed by atoms with Crippen molar-refractivity contribution >= 4 is 59.6 Å². The molecule has 0 spiro atoms. The second-order valence-corrected chi connectivity index (χ2v) is 13.0. The highest BCUT2D eigenvalue weighted by atomic mass is 35.5. The highest BCUT2D eigenvalue weighted by molar-refractivity contribution is 6.25. The summed E-state index contributed by atoms with van der Waals surface area (Å²) >= 11 is 0. The van der Waals surface area contributed by atoms with E-state index in [4.69, 9.17) is 5.73 Å². The first-order valence-electron chi connectivity index (χ1n) is 14.8. The van der Waals surface area contributed by atoms with Crippen molar-refractivity contribution in [2.75, 3.05) is 58.0 Å². The number of halogens is 2. The molecule has 3 aliphatic carbocycles. The van der Waals surface area contributed by atoms with E-state index >= 15 is 0 Å². The number of likely N-dealkylation sites (N-methyl/N-ethyl adjacent to an activating group) is 1. The standard InChI is InChI=1S/C31H41N5O8.2ClH/c1-14-6-8-36(9-7-14)13-20(37)33-18-12-19(34(2)3)16-10-15-11-17-24(35(4)5)27(40)23(30(32)43)29(42)31(17,44)28(41)21(15)26(39)22(16)25(18)38;;/h12,14-15,17,24,38,40-41,44H,6-11,13H2,1-5H3,(H2,32,43)(H,33,37);2*1H/t15?,17?,24-,31-;;/m0../s1. The maximum Gasteiger partial charge on any atom is 0.255 e. The van der Waals surface area contributed by atoms with Crippen molar-refractivity contribution in [2.24, 2.45) is 23.5 Å². The molecule has 1 saturated heterocycles. The Bertz CT molecular complexity index is 1520. The Morgan fingerprint density at radius 1 is 1.09 bits per heavy atom. The van der Waals surface area contributed by atoms with Gasteiger partial charge in [0, 0.05) is 31.3 Å². The molecule has 46 heavy (non-hydrogen) atoms. The fourth-order valence-electron chi connectivity index (χ4n) is 7.41. The number of piperidine rings is 1. The van der Waals surface area contributed by atoms with Gasteiger partial charge in [-0.2, -0.15) is 0 Å². The molecule has 4 atom stereocenters. The second-order valence-electron chi connectivity index (χ2n) is 13.0. The summed E-state index contributed by atoms with van der Waals surface area (Å²) in [6.07, 6.45) is 2.11. The van der Waals surface area contributed by atoms with Crippen LogP contribution in [-0.2, 0) is 20.8 Å². The van der Waals surface area contributed by atoms with Crippen LogP contribution < -0.4 is 16.0 Å². The lowest BCUT2D eigenvalue weighted by Gasteiger charge is -2.50. The number of amides is 2. The van der Waals surface area contributed by atoms with Gasteiger partial charge in [0.1, 0.15) is 17.1 Å². The van der Waals surface area contributed by atoms with Gasteiger partial charge in [0.05, 0.1) is 23.8 Å². The highest BCUT2D eigenvalue weighted by Crippen LogP contribution is 2.53. The quantitative estimate of drug-likeness (QED) is 0.189. The number of ketones is 2. The number of allylic oxidation sites excluding steroid dienone is 1. The first-order chi connectivity index (χ1) is 20.6. The molecule has 1 aromatic rings. The number of nitrogens with two attached hydrogens (primary N) is 1. The summed E-state index contributed by atoms with van der Waals surface area (Å²) in [6, 6.07) is 0.536. The van der Waals surface area contributed by atoms with Gasteiger partial charge in [-0.05, 0) is 76.3 Å². The molecule has 1 aliphatic heterocycles. The normalized spacial score (nSPS) is 26.5. The lowest BCUT2D eigenvalue weighted by molar-refractivity contribution is -0.148. The van der Waals surface area contributed by atoms with E-state index in [-0.39, 0.29) is 66.9 Å². The molecule has 0 bridgehead atoms. The number of aromatic hydroxyl groups is 1. The molecule has 254 valence electrons. The van der Waals surface area contributed by atoms with Gasteiger partial charge in [-0.1, -0.05) is 6.92 Å². The average molecular weight is 685 g/mol. The van der Waals surface area contributed by atoms with Gasteiger partial charge in [0.25, 0.3) is 5.91 Å². The number of primary amides is 1. The molecular weight excluding hydrogens is 641 g/mol. The Labute approximate surface area is 279 Å². The Balaban J connectivity index is 0.00000288. The Morgan fingerprint density at radius 2 is 1.70 bits per heavy atom. The van der Waals surface area contributed by atoms with Crippen molar-refractivity contribution in [2.45, 2.75) is 44.2 Å². The summed E-state index contributed by atoms with van der Waals surface area (Å²) in [5, 5.41) is 48.4. The molecular formula is C31H43Cl2N5O8. The minimum atomic E-state index is -2.72. The van der Waals surface area contributed by atoms with E-state index in [1.807, 2.05) is 4.90 Å². The van der Waals surface area contributed by atoms with E-state index in [1.165, 1.54) is 4.90 Å². The molecule has 2 unspecified atom stereocenters. The first-order valence-corrected chi connectivity index (χ1v) is 14.8. The van der Waals surface area contributed by atoms with Crippen molar-refractivity contribution in [3.63, 3.8) is 0 Å². The number of phenols is 1. The van der Waals surface area contributed by atoms with Crippen LogP contribution in [0.5, 0.6) is 5.75 Å². The monoisotopic (exact) mass is 683 g/mol. The van der Waals surface area contributed by atoms with E-state index in [2.05, 4.69) is 12.2 Å². The van der Waals surface area contributed by atoms with Gasteiger partial charge in [0.2, 0.25) is 11.7 Å². The smallest absolute Gasteiger partial charge is 0.255 e. The van der Waals surface area contributed by atoms with Crippen LogP contribution in [0.25, 0.3) is 0 Å². The minimum Gasteiger partial charge on any atom is -0.510 e. The number of aliphatic hydroxyl groups is 3. The fourth-order valence-corrected chi connectivity index (χ4v) is 7.41. The Hall–Kier alpha value is -3.36. The molecule has 15 heteroatoms. The zero-order chi connectivity index (χ0) is 32.4. The molecule has 1 heterocycles. The SMILES string of the molecule is CC1CCN(CC(=O)Nc2cc(N(C)C)c3c(c2O)C(=O)C2=C(O)[C@]4(O)C(=O)C(C(N)=O)=C(O)[C@@H](N(C)C)C4CC2C3)CC1.Cl.Cl. The Kier molecular flexibility index (Phi) is 10.8. The van der Waals surface area contributed by atoms with Crippen LogP contribution in [0.4, 0.5) is 11.4 Å². The molecule has 13 nitrogen and oxygen atoms in total. The van der Waals surface area contributed by atoms with E-state index in [0.717, 1.165) is 25.9 Å². The summed E-state index contributed by atoms with van der Waals surface area (Å²) < 4.78 is 0. The number of likely N-dealkylation sites (tertiary alicyclic amines) is 1. The van der Waals surface area contributed by atoms with Crippen LogP contribution in [0.3, 0.4) is 0 Å². The molecule has 1 fully saturated rings. The van der Waals surface area contributed by atoms with Gasteiger partial charge in [-0.15, -0.1) is 24.8 Å². The average Bonchev–Trinajstić information content (AvgIpc) is 2.93. The third kappa shape index (κ3) is 5.83. The zero-order valence-corrected chi connectivity index (χ0v) is 28.1. The van der Waals surface area contributed by atoms with Crippen LogP contribution >= 0.6 is 24.8 Å². The molecule has 2 amide bonds. The molecule has 5 rings (SSSR count). The second kappa shape index (κ2) is 13.4. The number of fused-ring (bicyclic) bond motifs is 3. The van der Waals surface area contributed by atoms with E-state index in [1.54, 1.807) is 39.2 Å². The molecule has 4 aliphatic rings. The summed E-state index contributed by atoms with van der Waals surface area (Å²) in [7, 11) is 6.68.